The number of fused-ring (bicyclic) bond motifs is 1. The van der Waals surface area contributed by atoms with Crippen molar-refractivity contribution >= 4 is 46.4 Å². The lowest BCUT2D eigenvalue weighted by atomic mass is 10.00. The maximum absolute atomic E-state index is 12.5. The fraction of sp³-hybridized carbons (Fsp3) is 0.300. The molecule has 2 aromatic rings. The van der Waals surface area contributed by atoms with Crippen LogP contribution in [0.15, 0.2) is 36.4 Å². The van der Waals surface area contributed by atoms with E-state index in [1.54, 1.807) is 18.2 Å². The average Bonchev–Trinajstić information content (AvgIpc) is 3.47. The van der Waals surface area contributed by atoms with Crippen molar-refractivity contribution in [3.05, 3.63) is 57.6 Å². The number of hydrogen-bond donors (Lipinski definition) is 1. The fourth-order valence-corrected chi connectivity index (χ4v) is 3.70. The molecule has 134 valence electrons. The first-order chi connectivity index (χ1) is 12.5. The maximum atomic E-state index is 12.5. The molecule has 6 heteroatoms. The molecular formula is C20H18Cl2N2O2. The van der Waals surface area contributed by atoms with E-state index in [1.165, 1.54) is 0 Å². The molecule has 0 saturated heterocycles. The van der Waals surface area contributed by atoms with Gasteiger partial charge in [0.2, 0.25) is 5.91 Å². The van der Waals surface area contributed by atoms with Crippen molar-refractivity contribution in [2.45, 2.75) is 25.7 Å². The van der Waals surface area contributed by atoms with Gasteiger partial charge in [-0.05, 0) is 67.6 Å². The van der Waals surface area contributed by atoms with E-state index in [4.69, 9.17) is 23.2 Å². The van der Waals surface area contributed by atoms with Crippen molar-refractivity contribution in [3.63, 3.8) is 0 Å². The van der Waals surface area contributed by atoms with E-state index < -0.39 is 0 Å². The van der Waals surface area contributed by atoms with Crippen LogP contribution in [0.3, 0.4) is 0 Å². The van der Waals surface area contributed by atoms with Crippen molar-refractivity contribution in [2.75, 3.05) is 16.8 Å². The van der Waals surface area contributed by atoms with Gasteiger partial charge in [0, 0.05) is 28.9 Å². The average molecular weight is 389 g/mol. The first-order valence-corrected chi connectivity index (χ1v) is 9.49. The van der Waals surface area contributed by atoms with Crippen molar-refractivity contribution in [2.24, 2.45) is 5.92 Å². The second-order valence-electron chi connectivity index (χ2n) is 6.79. The molecule has 0 atom stereocenters. The summed E-state index contributed by atoms with van der Waals surface area (Å²) in [5.41, 5.74) is 3.07. The van der Waals surface area contributed by atoms with Crippen molar-refractivity contribution in [1.82, 2.24) is 0 Å². The summed E-state index contributed by atoms with van der Waals surface area (Å²) in [4.78, 5) is 26.9. The number of amides is 2. The highest BCUT2D eigenvalue weighted by Gasteiger charge is 2.35. The van der Waals surface area contributed by atoms with Gasteiger partial charge in [0.25, 0.3) is 5.91 Å². The molecule has 0 unspecified atom stereocenters. The summed E-state index contributed by atoms with van der Waals surface area (Å²) in [6, 6.07) is 10.5. The van der Waals surface area contributed by atoms with E-state index in [1.807, 2.05) is 23.1 Å². The molecule has 4 rings (SSSR count). The molecule has 0 radical (unpaired) electrons. The summed E-state index contributed by atoms with van der Waals surface area (Å²) in [6.45, 7) is 0.770. The highest BCUT2D eigenvalue weighted by molar-refractivity contribution is 6.36. The summed E-state index contributed by atoms with van der Waals surface area (Å²) in [5.74, 6) is 0.123. The van der Waals surface area contributed by atoms with E-state index in [0.717, 1.165) is 43.5 Å². The summed E-state index contributed by atoms with van der Waals surface area (Å²) < 4.78 is 0. The second-order valence-corrected chi connectivity index (χ2v) is 7.63. The van der Waals surface area contributed by atoms with Crippen LogP contribution in [-0.2, 0) is 11.2 Å². The number of carbonyl (C=O) groups is 2. The highest BCUT2D eigenvalue weighted by atomic mass is 35.5. The van der Waals surface area contributed by atoms with Gasteiger partial charge in [0.05, 0.1) is 10.6 Å². The smallest absolute Gasteiger partial charge is 0.257 e. The minimum atomic E-state index is -0.306. The first-order valence-electron chi connectivity index (χ1n) is 8.73. The fourth-order valence-electron chi connectivity index (χ4n) is 3.32. The number of aryl methyl sites for hydroxylation is 1. The normalized spacial score (nSPS) is 16.2. The van der Waals surface area contributed by atoms with E-state index in [-0.39, 0.29) is 17.7 Å². The molecule has 1 heterocycles. The Kier molecular flexibility index (Phi) is 4.63. The van der Waals surface area contributed by atoms with Crippen LogP contribution in [0.2, 0.25) is 10.0 Å². The number of nitrogens with one attached hydrogen (secondary N) is 1. The minimum absolute atomic E-state index is 0.199. The lowest BCUT2D eigenvalue weighted by molar-refractivity contribution is -0.119. The van der Waals surface area contributed by atoms with Crippen LogP contribution in [0.5, 0.6) is 0 Å². The molecule has 26 heavy (non-hydrogen) atoms. The molecule has 1 saturated carbocycles. The Bertz CT molecular complexity index is 893. The number of anilines is 2. The lowest BCUT2D eigenvalue weighted by Gasteiger charge is -2.30. The van der Waals surface area contributed by atoms with E-state index in [9.17, 15) is 9.59 Å². The van der Waals surface area contributed by atoms with Gasteiger partial charge in [-0.15, -0.1) is 0 Å². The van der Waals surface area contributed by atoms with Crippen molar-refractivity contribution < 1.29 is 9.59 Å². The van der Waals surface area contributed by atoms with Gasteiger partial charge in [0.15, 0.2) is 0 Å². The van der Waals surface area contributed by atoms with Crippen LogP contribution in [0.4, 0.5) is 11.4 Å². The first kappa shape index (κ1) is 17.4. The lowest BCUT2D eigenvalue weighted by Crippen LogP contribution is -2.36. The molecule has 1 aliphatic heterocycles. The second kappa shape index (κ2) is 6.93. The summed E-state index contributed by atoms with van der Waals surface area (Å²) >= 11 is 12.1. The minimum Gasteiger partial charge on any atom is -0.322 e. The molecule has 2 aromatic carbocycles. The van der Waals surface area contributed by atoms with Gasteiger partial charge >= 0.3 is 0 Å². The molecule has 0 spiro atoms. The number of halogens is 2. The zero-order valence-electron chi connectivity index (χ0n) is 14.1. The summed E-state index contributed by atoms with van der Waals surface area (Å²) in [7, 11) is 0. The highest BCUT2D eigenvalue weighted by Crippen LogP contribution is 2.36. The topological polar surface area (TPSA) is 49.4 Å². The maximum Gasteiger partial charge on any atom is 0.257 e. The van der Waals surface area contributed by atoms with Crippen LogP contribution in [0, 0.1) is 5.92 Å². The zero-order valence-corrected chi connectivity index (χ0v) is 15.6. The molecule has 1 fully saturated rings. The van der Waals surface area contributed by atoms with Gasteiger partial charge in [-0.1, -0.05) is 23.2 Å². The quantitative estimate of drug-likeness (QED) is 0.809. The summed E-state index contributed by atoms with van der Waals surface area (Å²) in [5, 5.41) is 3.68. The third kappa shape index (κ3) is 3.44. The third-order valence-electron chi connectivity index (χ3n) is 4.82. The van der Waals surface area contributed by atoms with Crippen molar-refractivity contribution in [1.29, 1.82) is 0 Å². The van der Waals surface area contributed by atoms with Crippen LogP contribution >= 0.6 is 23.2 Å². The molecule has 2 amide bonds. The molecule has 2 aliphatic rings. The predicted octanol–water partition coefficient (Wildman–Crippen LogP) is 4.93. The van der Waals surface area contributed by atoms with Crippen LogP contribution in [-0.4, -0.2) is 18.4 Å². The van der Waals surface area contributed by atoms with Crippen LogP contribution in [0.1, 0.15) is 35.2 Å². The number of carbonyl (C=O) groups excluding carboxylic acids is 2. The third-order valence-corrected chi connectivity index (χ3v) is 5.39. The molecule has 4 nitrogen and oxygen atoms in total. The standard InChI is InChI=1S/C20H18Cl2N2O2/c21-14-5-7-17(22)16(11-14)19(25)23-15-6-8-18-13(10-15)2-1-9-24(18)20(26)12-3-4-12/h5-8,10-12H,1-4,9H2,(H,23,25). The largest absolute Gasteiger partial charge is 0.322 e. The van der Waals surface area contributed by atoms with Gasteiger partial charge in [-0.25, -0.2) is 0 Å². The summed E-state index contributed by atoms with van der Waals surface area (Å²) in [6.07, 6.45) is 3.83. The van der Waals surface area contributed by atoms with E-state index in [0.29, 0.717) is 21.3 Å². The Hall–Kier alpha value is -2.04. The Labute approximate surface area is 162 Å². The molecule has 1 N–H and O–H groups in total. The predicted molar refractivity (Wildman–Crippen MR) is 104 cm³/mol. The Morgan fingerprint density at radius 3 is 2.65 bits per heavy atom. The number of hydrogen-bond acceptors (Lipinski definition) is 2. The van der Waals surface area contributed by atoms with E-state index in [2.05, 4.69) is 5.32 Å². The van der Waals surface area contributed by atoms with Crippen LogP contribution < -0.4 is 10.2 Å². The van der Waals surface area contributed by atoms with Gasteiger partial charge in [-0.3, -0.25) is 9.59 Å². The molecule has 0 aromatic heterocycles. The van der Waals surface area contributed by atoms with Gasteiger partial charge in [-0.2, -0.15) is 0 Å². The van der Waals surface area contributed by atoms with Gasteiger partial charge < -0.3 is 10.2 Å². The molecule has 0 bridgehead atoms. The zero-order chi connectivity index (χ0) is 18.3. The Morgan fingerprint density at radius 1 is 1.08 bits per heavy atom. The van der Waals surface area contributed by atoms with Gasteiger partial charge in [0.1, 0.15) is 0 Å². The van der Waals surface area contributed by atoms with Crippen LogP contribution in [0.25, 0.3) is 0 Å². The number of rotatable bonds is 3. The van der Waals surface area contributed by atoms with Crippen molar-refractivity contribution in [3.8, 4) is 0 Å². The molecule has 1 aliphatic carbocycles. The Balaban J connectivity index is 1.56. The monoisotopic (exact) mass is 388 g/mol. The molecular weight excluding hydrogens is 371 g/mol. The van der Waals surface area contributed by atoms with E-state index >= 15 is 0 Å². The SMILES string of the molecule is O=C(Nc1ccc2c(c1)CCCN2C(=O)C1CC1)c1cc(Cl)ccc1Cl. The Morgan fingerprint density at radius 2 is 1.88 bits per heavy atom. The number of benzene rings is 2. The number of nitrogens with zero attached hydrogens (tertiary/aromatic N) is 1.